The summed E-state index contributed by atoms with van der Waals surface area (Å²) in [6.07, 6.45) is 4.29. The first-order valence-electron chi connectivity index (χ1n) is 11.9. The summed E-state index contributed by atoms with van der Waals surface area (Å²) >= 11 is 0. The highest BCUT2D eigenvalue weighted by Crippen LogP contribution is 2.21. The number of carboxylic acid groups (broad SMARTS) is 1. The molecule has 0 aliphatic rings. The molecule has 190 valence electrons. The number of para-hydroxylation sites is 1. The summed E-state index contributed by atoms with van der Waals surface area (Å²) in [5.41, 5.74) is 3.85. The highest BCUT2D eigenvalue weighted by Gasteiger charge is 2.19. The minimum Gasteiger partial charge on any atom is -0.481 e. The Morgan fingerprint density at radius 2 is 1.75 bits per heavy atom. The summed E-state index contributed by atoms with van der Waals surface area (Å²) in [6.45, 7) is 6.39. The number of carboxylic acids is 1. The van der Waals surface area contributed by atoms with E-state index in [1.807, 2.05) is 31.2 Å². The number of urea groups is 1. The number of amides is 3. The largest absolute Gasteiger partial charge is 0.481 e. The van der Waals surface area contributed by atoms with Crippen LogP contribution in [0.15, 0.2) is 61.1 Å². The molecule has 1 unspecified atom stereocenters. The van der Waals surface area contributed by atoms with Gasteiger partial charge in [0.25, 0.3) is 0 Å². The molecule has 0 fully saturated rings. The Hall–Kier alpha value is -4.14. The number of imidazole rings is 1. The lowest BCUT2D eigenvalue weighted by atomic mass is 10.0. The molecule has 9 heteroatoms. The van der Waals surface area contributed by atoms with Crippen LogP contribution < -0.4 is 16.0 Å². The van der Waals surface area contributed by atoms with Crippen LogP contribution in [0.3, 0.4) is 0 Å². The van der Waals surface area contributed by atoms with Gasteiger partial charge in [-0.05, 0) is 48.6 Å². The second-order valence-corrected chi connectivity index (χ2v) is 9.20. The molecule has 1 heterocycles. The number of anilines is 2. The molecule has 0 aliphatic carbocycles. The van der Waals surface area contributed by atoms with Crippen LogP contribution in [0.4, 0.5) is 16.2 Å². The number of hydrogen-bond donors (Lipinski definition) is 4. The zero-order valence-corrected chi connectivity index (χ0v) is 20.8. The van der Waals surface area contributed by atoms with E-state index in [4.69, 9.17) is 5.11 Å². The molecule has 3 rings (SSSR count). The van der Waals surface area contributed by atoms with Gasteiger partial charge in [0.15, 0.2) is 0 Å². The van der Waals surface area contributed by atoms with Gasteiger partial charge in [0.1, 0.15) is 0 Å². The molecule has 3 amide bonds. The number of carbonyl (C=O) groups excluding carboxylic acids is 2. The zero-order chi connectivity index (χ0) is 26.1. The van der Waals surface area contributed by atoms with Crippen LogP contribution in [0, 0.1) is 12.8 Å². The van der Waals surface area contributed by atoms with Gasteiger partial charge in [-0.1, -0.05) is 44.2 Å². The lowest BCUT2D eigenvalue weighted by Crippen LogP contribution is -2.31. The van der Waals surface area contributed by atoms with Gasteiger partial charge in [-0.2, -0.15) is 0 Å². The van der Waals surface area contributed by atoms with E-state index >= 15 is 0 Å². The number of rotatable bonds is 11. The molecule has 36 heavy (non-hydrogen) atoms. The minimum absolute atomic E-state index is 0.00934. The molecule has 2 aromatic carbocycles. The third-order valence-corrected chi connectivity index (χ3v) is 5.61. The number of aryl methyl sites for hydroxylation is 2. The summed E-state index contributed by atoms with van der Waals surface area (Å²) in [5.74, 6) is -0.681. The summed E-state index contributed by atoms with van der Waals surface area (Å²) in [5, 5.41) is 17.6. The van der Waals surface area contributed by atoms with Crippen molar-refractivity contribution in [3.63, 3.8) is 0 Å². The van der Waals surface area contributed by atoms with Crippen LogP contribution in [0.2, 0.25) is 0 Å². The Balaban J connectivity index is 1.56. The fourth-order valence-electron chi connectivity index (χ4n) is 3.76. The topological polar surface area (TPSA) is 125 Å². The molecule has 4 N–H and O–H groups in total. The molecule has 0 saturated carbocycles. The molecule has 0 saturated heterocycles. The van der Waals surface area contributed by atoms with Gasteiger partial charge in [0, 0.05) is 24.1 Å². The second kappa shape index (κ2) is 12.5. The van der Waals surface area contributed by atoms with Crippen molar-refractivity contribution in [1.29, 1.82) is 0 Å². The van der Waals surface area contributed by atoms with Crippen LogP contribution in [0.1, 0.15) is 49.6 Å². The number of benzene rings is 2. The van der Waals surface area contributed by atoms with Crippen molar-refractivity contribution < 1.29 is 19.5 Å². The minimum atomic E-state index is -0.870. The summed E-state index contributed by atoms with van der Waals surface area (Å²) in [6, 6.07) is 14.1. The van der Waals surface area contributed by atoms with Gasteiger partial charge in [-0.25, -0.2) is 9.78 Å². The molecule has 9 nitrogen and oxygen atoms in total. The van der Waals surface area contributed by atoms with E-state index in [1.54, 1.807) is 41.4 Å². The Morgan fingerprint density at radius 3 is 2.42 bits per heavy atom. The average molecular weight is 492 g/mol. The third-order valence-electron chi connectivity index (χ3n) is 5.61. The first-order valence-corrected chi connectivity index (χ1v) is 11.9. The van der Waals surface area contributed by atoms with E-state index in [0.29, 0.717) is 30.3 Å². The Morgan fingerprint density at radius 1 is 1.03 bits per heavy atom. The van der Waals surface area contributed by atoms with Crippen LogP contribution in [0.5, 0.6) is 0 Å². The number of aromatic nitrogens is 2. The number of hydrogen-bond acceptors (Lipinski definition) is 4. The zero-order valence-electron chi connectivity index (χ0n) is 20.8. The van der Waals surface area contributed by atoms with Crippen molar-refractivity contribution >= 4 is 29.3 Å². The smallest absolute Gasteiger partial charge is 0.323 e. The van der Waals surface area contributed by atoms with Gasteiger partial charge in [-0.15, -0.1) is 0 Å². The molecule has 3 aromatic rings. The van der Waals surface area contributed by atoms with Gasteiger partial charge in [-0.3, -0.25) is 9.59 Å². The van der Waals surface area contributed by atoms with Gasteiger partial charge in [0.2, 0.25) is 5.91 Å². The maximum atomic E-state index is 12.8. The van der Waals surface area contributed by atoms with Gasteiger partial charge < -0.3 is 25.6 Å². The fraction of sp³-hybridized carbons (Fsp3) is 0.333. The maximum absolute atomic E-state index is 12.8. The molecule has 1 atom stereocenters. The second-order valence-electron chi connectivity index (χ2n) is 9.20. The highest BCUT2D eigenvalue weighted by molar-refractivity contribution is 6.00. The number of nitrogens with zero attached hydrogens (tertiary/aromatic N) is 2. The molecule has 0 bridgehead atoms. The van der Waals surface area contributed by atoms with E-state index in [2.05, 4.69) is 34.8 Å². The third kappa shape index (κ3) is 8.26. The lowest BCUT2D eigenvalue weighted by Gasteiger charge is -2.19. The monoisotopic (exact) mass is 491 g/mol. The van der Waals surface area contributed by atoms with E-state index in [-0.39, 0.29) is 30.8 Å². The van der Waals surface area contributed by atoms with Crippen LogP contribution in [0.25, 0.3) is 0 Å². The average Bonchev–Trinajstić information content (AvgIpc) is 3.29. The van der Waals surface area contributed by atoms with Crippen LogP contribution in [-0.2, 0) is 22.6 Å². The highest BCUT2D eigenvalue weighted by atomic mass is 16.4. The van der Waals surface area contributed by atoms with Crippen molar-refractivity contribution in [1.82, 2.24) is 14.9 Å². The van der Waals surface area contributed by atoms with Crippen LogP contribution >= 0.6 is 0 Å². The first-order chi connectivity index (χ1) is 17.2. The number of carbonyl (C=O) groups is 3. The van der Waals surface area contributed by atoms with E-state index < -0.39 is 5.97 Å². The first kappa shape index (κ1) is 26.5. The molecule has 0 aliphatic heterocycles. The van der Waals surface area contributed by atoms with Crippen molar-refractivity contribution in [3.05, 3.63) is 77.9 Å². The standard InChI is InChI=1S/C27H33N5O4/c1-18(2)14-23(24-16-32(17-28-24)13-12-26(34)35)30-25(33)15-20-8-10-21(11-9-20)29-27(36)31-22-7-5-4-6-19(22)3/h4-11,16-18,23H,12-15H2,1-3H3,(H,30,33)(H,34,35)(H2,29,31,36). The number of aliphatic carboxylic acids is 1. The molecule has 1 aromatic heterocycles. The van der Waals surface area contributed by atoms with Crippen LogP contribution in [-0.4, -0.2) is 32.6 Å². The van der Waals surface area contributed by atoms with E-state index in [1.165, 1.54) is 0 Å². The van der Waals surface area contributed by atoms with Gasteiger partial charge >= 0.3 is 12.0 Å². The predicted octanol–water partition coefficient (Wildman–Crippen LogP) is 4.76. The summed E-state index contributed by atoms with van der Waals surface area (Å²) in [7, 11) is 0. The van der Waals surface area contributed by atoms with Crippen molar-refractivity contribution in [2.75, 3.05) is 10.6 Å². The summed E-state index contributed by atoms with van der Waals surface area (Å²) < 4.78 is 1.73. The Labute approximate surface area is 210 Å². The molecular weight excluding hydrogens is 458 g/mol. The van der Waals surface area contributed by atoms with Crippen molar-refractivity contribution in [2.45, 2.75) is 52.6 Å². The number of nitrogens with one attached hydrogen (secondary N) is 3. The Kier molecular flexibility index (Phi) is 9.21. The maximum Gasteiger partial charge on any atom is 0.323 e. The molecule has 0 radical (unpaired) electrons. The molecular formula is C27H33N5O4. The molecule has 0 spiro atoms. The predicted molar refractivity (Wildman–Crippen MR) is 139 cm³/mol. The van der Waals surface area contributed by atoms with E-state index in [9.17, 15) is 14.4 Å². The quantitative estimate of drug-likeness (QED) is 0.308. The Bertz CT molecular complexity index is 1190. The van der Waals surface area contributed by atoms with Gasteiger partial charge in [0.05, 0.1) is 30.9 Å². The SMILES string of the molecule is Cc1ccccc1NC(=O)Nc1ccc(CC(=O)NC(CC(C)C)c2cn(CCC(=O)O)cn2)cc1. The summed E-state index contributed by atoms with van der Waals surface area (Å²) in [4.78, 5) is 40.3. The lowest BCUT2D eigenvalue weighted by molar-refractivity contribution is -0.137. The van der Waals surface area contributed by atoms with Crippen molar-refractivity contribution in [2.24, 2.45) is 5.92 Å². The van der Waals surface area contributed by atoms with E-state index in [0.717, 1.165) is 16.8 Å². The fourth-order valence-corrected chi connectivity index (χ4v) is 3.76. The normalized spacial score (nSPS) is 11.7. The van der Waals surface area contributed by atoms with Crippen molar-refractivity contribution in [3.8, 4) is 0 Å².